The summed E-state index contributed by atoms with van der Waals surface area (Å²) in [6.07, 6.45) is 0. The van der Waals surface area contributed by atoms with Crippen molar-refractivity contribution in [3.63, 3.8) is 0 Å². The molecule has 3 heteroatoms. The Morgan fingerprint density at radius 1 is 1.55 bits per heavy atom. The first-order valence-electron chi connectivity index (χ1n) is 3.79. The molecule has 0 fully saturated rings. The molecule has 0 heterocycles. The van der Waals surface area contributed by atoms with E-state index in [2.05, 4.69) is 5.32 Å². The van der Waals surface area contributed by atoms with Crippen molar-refractivity contribution in [1.82, 2.24) is 11.1 Å². The Hall–Kier alpha value is -0.570. The van der Waals surface area contributed by atoms with Gasteiger partial charge in [-0.05, 0) is 5.41 Å². The molecule has 11 heavy (non-hydrogen) atoms. The fourth-order valence-electron chi connectivity index (χ4n) is 0.819. The van der Waals surface area contributed by atoms with Crippen LogP contribution >= 0.6 is 0 Å². The van der Waals surface area contributed by atoms with Gasteiger partial charge in [0, 0.05) is 19.5 Å². The van der Waals surface area contributed by atoms with Gasteiger partial charge in [-0.25, -0.2) is 0 Å². The normalized spacial score (nSPS) is 14.3. The number of amides is 1. The largest absolute Gasteiger partial charge is 0.352 e. The minimum absolute atomic E-state index is 0.0204. The van der Waals surface area contributed by atoms with E-state index in [1.165, 1.54) is 6.92 Å². The minimum Gasteiger partial charge on any atom is -0.352 e. The number of rotatable bonds is 2. The van der Waals surface area contributed by atoms with Gasteiger partial charge in [0.05, 0.1) is 0 Å². The van der Waals surface area contributed by atoms with E-state index in [1.807, 2.05) is 20.8 Å². The van der Waals surface area contributed by atoms with Gasteiger partial charge in [-0.3, -0.25) is 10.5 Å². The predicted molar refractivity (Wildman–Crippen MR) is 45.0 cm³/mol. The smallest absolute Gasteiger partial charge is 0.217 e. The highest BCUT2D eigenvalue weighted by atomic mass is 16.1. The second-order valence-electron chi connectivity index (χ2n) is 3.82. The minimum atomic E-state index is -0.0582. The molecule has 0 aliphatic rings. The fourth-order valence-corrected chi connectivity index (χ4v) is 0.819. The maximum Gasteiger partial charge on any atom is 0.217 e. The van der Waals surface area contributed by atoms with Crippen molar-refractivity contribution in [2.45, 2.75) is 33.7 Å². The molecule has 2 N–H and O–H groups in total. The van der Waals surface area contributed by atoms with Crippen LogP contribution in [0.2, 0.25) is 0 Å². The van der Waals surface area contributed by atoms with Gasteiger partial charge in [0.25, 0.3) is 0 Å². The van der Waals surface area contributed by atoms with E-state index in [4.69, 9.17) is 5.73 Å². The summed E-state index contributed by atoms with van der Waals surface area (Å²) in [5.41, 5.74) is 7.17. The zero-order valence-electron chi connectivity index (χ0n) is 7.69. The van der Waals surface area contributed by atoms with Crippen LogP contribution in [0.25, 0.3) is 0 Å². The first-order chi connectivity index (χ1) is 4.88. The van der Waals surface area contributed by atoms with Gasteiger partial charge in [0.15, 0.2) is 0 Å². The second-order valence-corrected chi connectivity index (χ2v) is 3.82. The first-order valence-corrected chi connectivity index (χ1v) is 3.79. The zero-order chi connectivity index (χ0) is 9.07. The molecule has 1 unspecified atom stereocenters. The highest BCUT2D eigenvalue weighted by Gasteiger charge is 2.23. The van der Waals surface area contributed by atoms with Crippen molar-refractivity contribution in [3.8, 4) is 0 Å². The van der Waals surface area contributed by atoms with Gasteiger partial charge in [0.1, 0.15) is 0 Å². The van der Waals surface area contributed by atoms with Crippen LogP contribution < -0.4 is 11.1 Å². The molecule has 0 rings (SSSR count). The lowest BCUT2D eigenvalue weighted by Gasteiger charge is -2.29. The molecule has 0 aliphatic carbocycles. The van der Waals surface area contributed by atoms with E-state index in [1.54, 1.807) is 0 Å². The molecule has 0 bridgehead atoms. The summed E-state index contributed by atoms with van der Waals surface area (Å²) in [6, 6.07) is -0.0417. The average molecular weight is 157 g/mol. The van der Waals surface area contributed by atoms with E-state index in [-0.39, 0.29) is 23.9 Å². The summed E-state index contributed by atoms with van der Waals surface area (Å²) in [5.74, 6) is -0.0582. The molecular formula is C8H17N2O. The Labute approximate surface area is 68.3 Å². The molecule has 1 atom stereocenters. The fraction of sp³-hybridized carbons (Fsp3) is 0.875. The van der Waals surface area contributed by atoms with Crippen LogP contribution in [-0.2, 0) is 4.79 Å². The van der Waals surface area contributed by atoms with E-state index >= 15 is 0 Å². The molecular weight excluding hydrogens is 140 g/mol. The Balaban J connectivity index is 4.07. The van der Waals surface area contributed by atoms with Crippen LogP contribution in [0, 0.1) is 5.41 Å². The first kappa shape index (κ1) is 10.4. The Morgan fingerprint density at radius 3 is 2.09 bits per heavy atom. The van der Waals surface area contributed by atoms with E-state index in [0.29, 0.717) is 0 Å². The van der Waals surface area contributed by atoms with E-state index < -0.39 is 0 Å². The maximum atomic E-state index is 10.7. The predicted octanol–water partition coefficient (Wildman–Crippen LogP) is 0.820. The van der Waals surface area contributed by atoms with Crippen LogP contribution in [0.1, 0.15) is 27.7 Å². The third-order valence-corrected chi connectivity index (χ3v) is 1.63. The van der Waals surface area contributed by atoms with Crippen molar-refractivity contribution >= 4 is 5.91 Å². The van der Waals surface area contributed by atoms with Gasteiger partial charge >= 0.3 is 0 Å². The number of nitrogens with one attached hydrogen (secondary N) is 2. The zero-order valence-corrected chi connectivity index (χ0v) is 7.69. The highest BCUT2D eigenvalue weighted by Crippen LogP contribution is 2.18. The topological polar surface area (TPSA) is 52.9 Å². The molecule has 0 saturated carbocycles. The molecule has 0 spiro atoms. The van der Waals surface area contributed by atoms with Crippen molar-refractivity contribution in [2.24, 2.45) is 5.41 Å². The number of hydrogen-bond acceptors (Lipinski definition) is 1. The van der Waals surface area contributed by atoms with Crippen molar-refractivity contribution < 1.29 is 4.79 Å². The van der Waals surface area contributed by atoms with Crippen LogP contribution in [0.5, 0.6) is 0 Å². The van der Waals surface area contributed by atoms with Crippen LogP contribution in [0.15, 0.2) is 0 Å². The quantitative estimate of drug-likeness (QED) is 0.634. The molecule has 0 aromatic rings. The van der Waals surface area contributed by atoms with Gasteiger partial charge in [-0.2, -0.15) is 0 Å². The number of carbonyl (C=O) groups is 1. The van der Waals surface area contributed by atoms with Gasteiger partial charge < -0.3 is 5.32 Å². The number of hydrogen-bond donors (Lipinski definition) is 1. The lowest BCUT2D eigenvalue weighted by atomic mass is 9.87. The molecule has 0 aromatic heterocycles. The van der Waals surface area contributed by atoms with Gasteiger partial charge in [-0.1, -0.05) is 20.8 Å². The van der Waals surface area contributed by atoms with Gasteiger partial charge in [0.2, 0.25) is 5.91 Å². The average Bonchev–Trinajstić information content (AvgIpc) is 1.79. The van der Waals surface area contributed by atoms with Crippen LogP contribution in [-0.4, -0.2) is 18.5 Å². The van der Waals surface area contributed by atoms with Crippen molar-refractivity contribution in [1.29, 1.82) is 0 Å². The van der Waals surface area contributed by atoms with Crippen molar-refractivity contribution in [3.05, 3.63) is 0 Å². The lowest BCUT2D eigenvalue weighted by molar-refractivity contribution is -0.120. The number of carbonyl (C=O) groups excluding carboxylic acids is 1. The summed E-state index contributed by atoms with van der Waals surface area (Å²) in [4.78, 5) is 10.7. The Kier molecular flexibility index (Phi) is 3.52. The summed E-state index contributed by atoms with van der Waals surface area (Å²) >= 11 is 0. The summed E-state index contributed by atoms with van der Waals surface area (Å²) in [6.45, 7) is 7.77. The molecule has 0 saturated heterocycles. The molecule has 0 aromatic carbocycles. The lowest BCUT2D eigenvalue weighted by Crippen LogP contribution is -2.45. The Morgan fingerprint density at radius 2 is 2.00 bits per heavy atom. The van der Waals surface area contributed by atoms with Crippen LogP contribution in [0.4, 0.5) is 0 Å². The molecule has 1 radical (unpaired) electrons. The maximum absolute atomic E-state index is 10.7. The second kappa shape index (κ2) is 3.72. The monoisotopic (exact) mass is 157 g/mol. The molecule has 3 nitrogen and oxygen atoms in total. The van der Waals surface area contributed by atoms with Gasteiger partial charge in [-0.15, -0.1) is 0 Å². The molecule has 0 aliphatic heterocycles. The SMILES string of the molecule is CC(=O)NC(C[NH])C(C)(C)C. The highest BCUT2D eigenvalue weighted by molar-refractivity contribution is 5.73. The third kappa shape index (κ3) is 3.98. The Bertz CT molecular complexity index is 138. The summed E-state index contributed by atoms with van der Waals surface area (Å²) in [5, 5.41) is 2.74. The van der Waals surface area contributed by atoms with E-state index in [9.17, 15) is 4.79 Å². The van der Waals surface area contributed by atoms with E-state index in [0.717, 1.165) is 0 Å². The molecule has 65 valence electrons. The van der Waals surface area contributed by atoms with Crippen LogP contribution in [0.3, 0.4) is 0 Å². The molecule has 1 amide bonds. The third-order valence-electron chi connectivity index (χ3n) is 1.63. The summed E-state index contributed by atoms with van der Waals surface area (Å²) < 4.78 is 0. The standard InChI is InChI=1S/C8H17N2O/c1-6(11)10-7(5-9)8(2,3)4/h7,9H,5H2,1-4H3,(H,10,11). The summed E-state index contributed by atoms with van der Waals surface area (Å²) in [7, 11) is 0. The van der Waals surface area contributed by atoms with Crippen molar-refractivity contribution in [2.75, 3.05) is 6.54 Å².